The van der Waals surface area contributed by atoms with Crippen LogP contribution in [0.4, 0.5) is 5.69 Å². The predicted molar refractivity (Wildman–Crippen MR) is 83.3 cm³/mol. The number of aliphatic hydroxyl groups is 1. The maximum Gasteiger partial charge on any atom is 0.181 e. The van der Waals surface area contributed by atoms with Gasteiger partial charge in [-0.05, 0) is 41.5 Å². The Kier molecular flexibility index (Phi) is 4.22. The molecular formula is C16H14N4O2. The molecule has 0 aliphatic carbocycles. The number of hydrogen-bond donors (Lipinski definition) is 2. The summed E-state index contributed by atoms with van der Waals surface area (Å²) in [6.45, 7) is -0.0976. The Labute approximate surface area is 127 Å². The van der Waals surface area contributed by atoms with Crippen molar-refractivity contribution in [3.8, 4) is 11.3 Å². The fourth-order valence-corrected chi connectivity index (χ4v) is 2.01. The second-order valence-corrected chi connectivity index (χ2v) is 4.55. The van der Waals surface area contributed by atoms with E-state index in [0.29, 0.717) is 5.76 Å². The van der Waals surface area contributed by atoms with Crippen LogP contribution in [0.2, 0.25) is 0 Å². The predicted octanol–water partition coefficient (Wildman–Crippen LogP) is 2.67. The molecule has 0 radical (unpaired) electrons. The van der Waals surface area contributed by atoms with E-state index in [1.54, 1.807) is 24.8 Å². The average molecular weight is 294 g/mol. The molecule has 0 saturated heterocycles. The lowest BCUT2D eigenvalue weighted by Crippen LogP contribution is -1.94. The molecule has 3 aromatic rings. The number of anilines is 1. The van der Waals surface area contributed by atoms with E-state index in [2.05, 4.69) is 20.5 Å². The smallest absolute Gasteiger partial charge is 0.181 e. The van der Waals surface area contributed by atoms with Gasteiger partial charge in [0.25, 0.3) is 0 Å². The lowest BCUT2D eigenvalue weighted by Gasteiger charge is -2.07. The van der Waals surface area contributed by atoms with Gasteiger partial charge >= 0.3 is 0 Å². The van der Waals surface area contributed by atoms with E-state index >= 15 is 0 Å². The first-order valence-electron chi connectivity index (χ1n) is 6.68. The summed E-state index contributed by atoms with van der Waals surface area (Å²) in [7, 11) is 0. The van der Waals surface area contributed by atoms with Crippen LogP contribution < -0.4 is 5.43 Å². The molecule has 2 aromatic heterocycles. The summed E-state index contributed by atoms with van der Waals surface area (Å²) in [4.78, 5) is 7.83. The summed E-state index contributed by atoms with van der Waals surface area (Å²) in [5.41, 5.74) is 6.20. The number of benzene rings is 1. The molecule has 0 unspecified atom stereocenters. The number of aromatic nitrogens is 2. The molecule has 0 spiro atoms. The fraction of sp³-hybridized carbons (Fsp3) is 0.0625. The molecule has 110 valence electrons. The molecular weight excluding hydrogens is 280 g/mol. The largest absolute Gasteiger partial charge is 0.444 e. The van der Waals surface area contributed by atoms with E-state index in [1.165, 1.54) is 6.39 Å². The zero-order valence-electron chi connectivity index (χ0n) is 11.7. The Hall–Kier alpha value is -2.99. The van der Waals surface area contributed by atoms with Gasteiger partial charge in [0.05, 0.1) is 24.7 Å². The minimum absolute atomic E-state index is 0.0976. The second kappa shape index (κ2) is 6.64. The van der Waals surface area contributed by atoms with Crippen LogP contribution in [0.1, 0.15) is 11.1 Å². The Morgan fingerprint density at radius 1 is 1.18 bits per heavy atom. The molecule has 0 fully saturated rings. The van der Waals surface area contributed by atoms with Crippen LogP contribution in [0.3, 0.4) is 0 Å². The van der Waals surface area contributed by atoms with E-state index in [4.69, 9.17) is 4.42 Å². The highest BCUT2D eigenvalue weighted by Gasteiger charge is 2.08. The maximum absolute atomic E-state index is 9.51. The summed E-state index contributed by atoms with van der Waals surface area (Å²) in [5.74, 6) is 0.621. The number of hydrazone groups is 1. The molecule has 0 aliphatic heterocycles. The van der Waals surface area contributed by atoms with Crippen LogP contribution in [0, 0.1) is 0 Å². The molecule has 3 rings (SSSR count). The third-order valence-electron chi connectivity index (χ3n) is 3.09. The van der Waals surface area contributed by atoms with Crippen molar-refractivity contribution in [2.24, 2.45) is 5.10 Å². The number of rotatable bonds is 5. The summed E-state index contributed by atoms with van der Waals surface area (Å²) in [6.07, 6.45) is 8.09. The van der Waals surface area contributed by atoms with Gasteiger partial charge in [-0.25, -0.2) is 4.98 Å². The van der Waals surface area contributed by atoms with E-state index in [1.807, 2.05) is 30.3 Å². The molecule has 0 atom stereocenters. The molecule has 0 bridgehead atoms. The maximum atomic E-state index is 9.51. The van der Waals surface area contributed by atoms with Gasteiger partial charge in [0, 0.05) is 18.0 Å². The molecule has 22 heavy (non-hydrogen) atoms. The molecule has 0 saturated carbocycles. The fourth-order valence-electron chi connectivity index (χ4n) is 2.01. The van der Waals surface area contributed by atoms with Crippen molar-refractivity contribution in [1.82, 2.24) is 9.97 Å². The van der Waals surface area contributed by atoms with Crippen LogP contribution in [-0.2, 0) is 6.61 Å². The van der Waals surface area contributed by atoms with Crippen LogP contribution in [0.15, 0.2) is 64.8 Å². The van der Waals surface area contributed by atoms with Crippen molar-refractivity contribution >= 4 is 11.9 Å². The highest BCUT2D eigenvalue weighted by molar-refractivity contribution is 5.80. The van der Waals surface area contributed by atoms with Gasteiger partial charge in [0.2, 0.25) is 0 Å². The number of nitrogens with one attached hydrogen (secondary N) is 1. The standard InChI is InChI=1S/C16H14N4O2/c21-10-13-7-14(1-2-15(13)16-9-18-11-22-16)20-19-8-12-3-5-17-6-4-12/h1-9,11,20-21H,10H2. The highest BCUT2D eigenvalue weighted by Crippen LogP contribution is 2.26. The Bertz CT molecular complexity index is 755. The van der Waals surface area contributed by atoms with Crippen molar-refractivity contribution in [2.75, 3.05) is 5.43 Å². The quantitative estimate of drug-likeness (QED) is 0.558. The van der Waals surface area contributed by atoms with Crippen molar-refractivity contribution < 1.29 is 9.52 Å². The SMILES string of the molecule is OCc1cc(NN=Cc2ccncc2)ccc1-c1cnco1. The Morgan fingerprint density at radius 2 is 2.05 bits per heavy atom. The van der Waals surface area contributed by atoms with Gasteiger partial charge in [-0.3, -0.25) is 10.4 Å². The average Bonchev–Trinajstić information content (AvgIpc) is 3.10. The van der Waals surface area contributed by atoms with Gasteiger partial charge in [0.15, 0.2) is 12.2 Å². The zero-order chi connectivity index (χ0) is 15.2. The van der Waals surface area contributed by atoms with Gasteiger partial charge < -0.3 is 9.52 Å². The molecule has 1 aromatic carbocycles. The van der Waals surface area contributed by atoms with Crippen LogP contribution in [0.5, 0.6) is 0 Å². The molecule has 0 aliphatic rings. The normalized spacial score (nSPS) is 11.0. The summed E-state index contributed by atoms with van der Waals surface area (Å²) in [5, 5.41) is 13.7. The Balaban J connectivity index is 1.77. The number of pyridine rings is 1. The van der Waals surface area contributed by atoms with E-state index in [9.17, 15) is 5.11 Å². The molecule has 6 heteroatoms. The minimum Gasteiger partial charge on any atom is -0.444 e. The number of aliphatic hydroxyl groups excluding tert-OH is 1. The molecule has 6 nitrogen and oxygen atoms in total. The first kappa shape index (κ1) is 14.0. The lowest BCUT2D eigenvalue weighted by molar-refractivity contribution is 0.282. The Morgan fingerprint density at radius 3 is 2.77 bits per heavy atom. The van der Waals surface area contributed by atoms with Crippen molar-refractivity contribution in [3.05, 3.63) is 66.4 Å². The summed E-state index contributed by atoms with van der Waals surface area (Å²) in [6, 6.07) is 9.26. The third kappa shape index (κ3) is 3.18. The van der Waals surface area contributed by atoms with E-state index in [0.717, 1.165) is 22.4 Å². The number of nitrogens with zero attached hydrogens (tertiary/aromatic N) is 3. The number of hydrogen-bond acceptors (Lipinski definition) is 6. The summed E-state index contributed by atoms with van der Waals surface area (Å²) >= 11 is 0. The first-order valence-corrected chi connectivity index (χ1v) is 6.68. The van der Waals surface area contributed by atoms with Crippen LogP contribution in [-0.4, -0.2) is 21.3 Å². The lowest BCUT2D eigenvalue weighted by atomic mass is 10.1. The first-order chi connectivity index (χ1) is 10.9. The topological polar surface area (TPSA) is 83.5 Å². The van der Waals surface area contributed by atoms with Gasteiger partial charge in [-0.2, -0.15) is 5.10 Å². The van der Waals surface area contributed by atoms with E-state index in [-0.39, 0.29) is 6.61 Å². The number of oxazole rings is 1. The van der Waals surface area contributed by atoms with Crippen molar-refractivity contribution in [3.63, 3.8) is 0 Å². The van der Waals surface area contributed by atoms with E-state index < -0.39 is 0 Å². The van der Waals surface area contributed by atoms with Crippen molar-refractivity contribution in [2.45, 2.75) is 6.61 Å². The minimum atomic E-state index is -0.0976. The van der Waals surface area contributed by atoms with Crippen LogP contribution in [0.25, 0.3) is 11.3 Å². The van der Waals surface area contributed by atoms with Gasteiger partial charge in [-0.15, -0.1) is 0 Å². The molecule has 2 heterocycles. The second-order valence-electron chi connectivity index (χ2n) is 4.55. The van der Waals surface area contributed by atoms with Gasteiger partial charge in [-0.1, -0.05) is 0 Å². The molecule has 0 amide bonds. The third-order valence-corrected chi connectivity index (χ3v) is 3.09. The van der Waals surface area contributed by atoms with Crippen molar-refractivity contribution in [1.29, 1.82) is 0 Å². The van der Waals surface area contributed by atoms with Gasteiger partial charge in [0.1, 0.15) is 0 Å². The highest BCUT2D eigenvalue weighted by atomic mass is 16.3. The monoisotopic (exact) mass is 294 g/mol. The zero-order valence-corrected chi connectivity index (χ0v) is 11.7. The van der Waals surface area contributed by atoms with Crippen LogP contribution >= 0.6 is 0 Å². The molecule has 2 N–H and O–H groups in total. The summed E-state index contributed by atoms with van der Waals surface area (Å²) < 4.78 is 5.26.